The maximum atomic E-state index is 11.9. The number of aliphatic carboxylic acids is 1. The molecule has 5 heteroatoms. The number of ether oxygens (including phenoxy) is 1. The molecule has 2 rings (SSSR count). The molecule has 0 unspecified atom stereocenters. The van der Waals surface area contributed by atoms with Gasteiger partial charge in [-0.1, -0.05) is 37.3 Å². The number of carboxylic acids is 1. The number of carboxylic acid groups (broad SMARTS) is 1. The second kappa shape index (κ2) is 8.72. The summed E-state index contributed by atoms with van der Waals surface area (Å²) in [7, 11) is 0. The van der Waals surface area contributed by atoms with Crippen LogP contribution < -0.4 is 10.1 Å². The molecular weight excluding hydrogens is 306 g/mol. The van der Waals surface area contributed by atoms with Crippen LogP contribution in [-0.2, 0) is 16.2 Å². The molecule has 2 N–H and O–H groups in total. The zero-order valence-corrected chi connectivity index (χ0v) is 13.6. The molecule has 24 heavy (non-hydrogen) atoms. The van der Waals surface area contributed by atoms with Gasteiger partial charge < -0.3 is 15.2 Å². The molecule has 0 aliphatic heterocycles. The molecule has 0 saturated carbocycles. The highest BCUT2D eigenvalue weighted by Gasteiger charge is 2.12. The van der Waals surface area contributed by atoms with Crippen LogP contribution in [0.15, 0.2) is 54.6 Å². The molecule has 0 bridgehead atoms. The molecule has 1 amide bonds. The van der Waals surface area contributed by atoms with Crippen molar-refractivity contribution >= 4 is 17.6 Å². The predicted octanol–water partition coefficient (Wildman–Crippen LogP) is 3.71. The minimum absolute atomic E-state index is 0.0142. The maximum absolute atomic E-state index is 11.9. The van der Waals surface area contributed by atoms with Gasteiger partial charge >= 0.3 is 5.97 Å². The van der Waals surface area contributed by atoms with Crippen molar-refractivity contribution in [3.05, 3.63) is 60.2 Å². The van der Waals surface area contributed by atoms with E-state index in [1.807, 2.05) is 30.3 Å². The van der Waals surface area contributed by atoms with Crippen LogP contribution in [0.25, 0.3) is 0 Å². The van der Waals surface area contributed by atoms with Crippen LogP contribution in [0.1, 0.15) is 25.3 Å². The van der Waals surface area contributed by atoms with Gasteiger partial charge in [0.25, 0.3) is 0 Å². The zero-order valence-electron chi connectivity index (χ0n) is 13.6. The number of nitrogens with one attached hydrogen (secondary N) is 1. The smallest absolute Gasteiger partial charge is 0.303 e. The molecule has 0 aliphatic rings. The van der Waals surface area contributed by atoms with E-state index in [1.165, 1.54) is 0 Å². The third-order valence-corrected chi connectivity index (χ3v) is 3.44. The first-order valence-electron chi connectivity index (χ1n) is 7.81. The number of hydrogen-bond donors (Lipinski definition) is 2. The average Bonchev–Trinajstić information content (AvgIpc) is 2.54. The van der Waals surface area contributed by atoms with Gasteiger partial charge in [0.15, 0.2) is 0 Å². The average molecular weight is 327 g/mol. The molecule has 0 aromatic heterocycles. The summed E-state index contributed by atoms with van der Waals surface area (Å²) in [6, 6.07) is 17.0. The quantitative estimate of drug-likeness (QED) is 0.775. The maximum Gasteiger partial charge on any atom is 0.303 e. The van der Waals surface area contributed by atoms with E-state index >= 15 is 0 Å². The van der Waals surface area contributed by atoms with Gasteiger partial charge in [-0.05, 0) is 35.7 Å². The Morgan fingerprint density at radius 1 is 1.04 bits per heavy atom. The Labute approximate surface area is 141 Å². The lowest BCUT2D eigenvalue weighted by atomic mass is 10.0. The van der Waals surface area contributed by atoms with Crippen molar-refractivity contribution in [1.29, 1.82) is 0 Å². The van der Waals surface area contributed by atoms with Crippen molar-refractivity contribution in [2.45, 2.75) is 26.4 Å². The number of hydrogen-bond acceptors (Lipinski definition) is 3. The highest BCUT2D eigenvalue weighted by Crippen LogP contribution is 2.18. The van der Waals surface area contributed by atoms with Crippen LogP contribution >= 0.6 is 0 Å². The fourth-order valence-electron chi connectivity index (χ4n) is 2.27. The summed E-state index contributed by atoms with van der Waals surface area (Å²) in [6.07, 6.45) is 0.165. The summed E-state index contributed by atoms with van der Waals surface area (Å²) in [5.41, 5.74) is 1.75. The van der Waals surface area contributed by atoms with Crippen molar-refractivity contribution in [3.8, 4) is 5.75 Å². The molecule has 1 atom stereocenters. The van der Waals surface area contributed by atoms with E-state index in [2.05, 4.69) is 5.32 Å². The first kappa shape index (κ1) is 17.5. The molecule has 0 fully saturated rings. The Bertz CT molecular complexity index is 668. The Morgan fingerprint density at radius 2 is 1.71 bits per heavy atom. The Balaban J connectivity index is 1.81. The van der Waals surface area contributed by atoms with Gasteiger partial charge in [0.2, 0.25) is 5.91 Å². The van der Waals surface area contributed by atoms with Crippen molar-refractivity contribution < 1.29 is 19.4 Å². The molecule has 2 aromatic carbocycles. The number of benzene rings is 2. The van der Waals surface area contributed by atoms with Crippen molar-refractivity contribution in [2.24, 2.45) is 5.92 Å². The minimum Gasteiger partial charge on any atom is -0.489 e. The van der Waals surface area contributed by atoms with Gasteiger partial charge in [-0.2, -0.15) is 0 Å². The summed E-state index contributed by atoms with van der Waals surface area (Å²) in [5.74, 6) is -0.566. The molecule has 0 spiro atoms. The lowest BCUT2D eigenvalue weighted by molar-refractivity contribution is -0.138. The van der Waals surface area contributed by atoms with Crippen LogP contribution in [0.5, 0.6) is 5.75 Å². The third-order valence-electron chi connectivity index (χ3n) is 3.44. The van der Waals surface area contributed by atoms with Crippen LogP contribution in [0, 0.1) is 5.92 Å². The van der Waals surface area contributed by atoms with Gasteiger partial charge in [0.1, 0.15) is 12.4 Å². The molecule has 2 aromatic rings. The van der Waals surface area contributed by atoms with E-state index in [0.29, 0.717) is 12.3 Å². The standard InChI is InChI=1S/C19H21NO4/c1-14(12-19(22)23)11-18(21)20-16-7-9-17(10-8-16)24-13-15-5-3-2-4-6-15/h2-10,14H,11-13H2,1H3,(H,20,21)(H,22,23)/t14-/m1/s1. The summed E-state index contributed by atoms with van der Waals surface area (Å²) in [4.78, 5) is 22.5. The molecule has 0 radical (unpaired) electrons. The van der Waals surface area contributed by atoms with Gasteiger partial charge in [-0.3, -0.25) is 9.59 Å². The highest BCUT2D eigenvalue weighted by molar-refractivity contribution is 5.91. The van der Waals surface area contributed by atoms with Gasteiger partial charge in [-0.25, -0.2) is 0 Å². The van der Waals surface area contributed by atoms with E-state index in [1.54, 1.807) is 31.2 Å². The van der Waals surface area contributed by atoms with E-state index in [9.17, 15) is 9.59 Å². The van der Waals surface area contributed by atoms with Gasteiger partial charge in [-0.15, -0.1) is 0 Å². The number of rotatable bonds is 8. The molecule has 0 heterocycles. The summed E-state index contributed by atoms with van der Waals surface area (Å²) in [6.45, 7) is 2.23. The molecule has 5 nitrogen and oxygen atoms in total. The Hall–Kier alpha value is -2.82. The van der Waals surface area contributed by atoms with E-state index in [0.717, 1.165) is 11.3 Å². The topological polar surface area (TPSA) is 75.6 Å². The van der Waals surface area contributed by atoms with Gasteiger partial charge in [0.05, 0.1) is 0 Å². The summed E-state index contributed by atoms with van der Waals surface area (Å²) < 4.78 is 5.68. The first-order chi connectivity index (χ1) is 11.5. The Morgan fingerprint density at radius 3 is 2.33 bits per heavy atom. The lowest BCUT2D eigenvalue weighted by Crippen LogP contribution is -2.16. The second-order valence-corrected chi connectivity index (χ2v) is 5.75. The largest absolute Gasteiger partial charge is 0.489 e. The highest BCUT2D eigenvalue weighted by atomic mass is 16.5. The molecule has 0 saturated heterocycles. The number of anilines is 1. The van der Waals surface area contributed by atoms with Crippen molar-refractivity contribution in [2.75, 3.05) is 5.32 Å². The third kappa shape index (κ3) is 6.12. The van der Waals surface area contributed by atoms with E-state index in [4.69, 9.17) is 9.84 Å². The molecule has 126 valence electrons. The van der Waals surface area contributed by atoms with Crippen LogP contribution in [0.4, 0.5) is 5.69 Å². The number of carbonyl (C=O) groups excluding carboxylic acids is 1. The van der Waals surface area contributed by atoms with Crippen LogP contribution in [-0.4, -0.2) is 17.0 Å². The SMILES string of the molecule is C[C@@H](CC(=O)O)CC(=O)Nc1ccc(OCc2ccccc2)cc1. The fraction of sp³-hybridized carbons (Fsp3) is 0.263. The first-order valence-corrected chi connectivity index (χ1v) is 7.81. The van der Waals surface area contributed by atoms with Crippen molar-refractivity contribution in [3.63, 3.8) is 0 Å². The number of amides is 1. The lowest BCUT2D eigenvalue weighted by Gasteiger charge is -2.10. The second-order valence-electron chi connectivity index (χ2n) is 5.75. The minimum atomic E-state index is -0.893. The van der Waals surface area contributed by atoms with E-state index in [-0.39, 0.29) is 24.7 Å². The fourth-order valence-corrected chi connectivity index (χ4v) is 2.27. The predicted molar refractivity (Wildman–Crippen MR) is 91.9 cm³/mol. The Kier molecular flexibility index (Phi) is 6.37. The van der Waals surface area contributed by atoms with Crippen molar-refractivity contribution in [1.82, 2.24) is 0 Å². The summed E-state index contributed by atoms with van der Waals surface area (Å²) in [5, 5.41) is 11.5. The summed E-state index contributed by atoms with van der Waals surface area (Å²) >= 11 is 0. The van der Waals surface area contributed by atoms with Crippen LogP contribution in [0.3, 0.4) is 0 Å². The van der Waals surface area contributed by atoms with Crippen LogP contribution in [0.2, 0.25) is 0 Å². The normalized spacial score (nSPS) is 11.5. The monoisotopic (exact) mass is 327 g/mol. The molecular formula is C19H21NO4. The zero-order chi connectivity index (χ0) is 17.4. The number of carbonyl (C=O) groups is 2. The molecule has 0 aliphatic carbocycles. The van der Waals surface area contributed by atoms with E-state index < -0.39 is 5.97 Å². The van der Waals surface area contributed by atoms with Gasteiger partial charge in [0, 0.05) is 18.5 Å².